The van der Waals surface area contributed by atoms with E-state index in [4.69, 9.17) is 11.6 Å². The molecule has 2 heterocycles. The zero-order valence-corrected chi connectivity index (χ0v) is 18.4. The number of hydrogen-bond acceptors (Lipinski definition) is 5. The summed E-state index contributed by atoms with van der Waals surface area (Å²) in [7, 11) is 0. The van der Waals surface area contributed by atoms with Gasteiger partial charge in [-0.05, 0) is 43.2 Å². The highest BCUT2D eigenvalue weighted by molar-refractivity contribution is 6.30. The molecule has 176 valence electrons. The molecule has 12 heteroatoms. The van der Waals surface area contributed by atoms with Crippen molar-refractivity contribution >= 4 is 35.3 Å². The number of unbranched alkanes of at least 4 members (excludes halogenated alkanes) is 1. The van der Waals surface area contributed by atoms with Gasteiger partial charge >= 0.3 is 12.2 Å². The van der Waals surface area contributed by atoms with Crippen molar-refractivity contribution < 1.29 is 27.6 Å². The number of nitrogens with one attached hydrogen (secondary N) is 1. The van der Waals surface area contributed by atoms with Gasteiger partial charge in [0.15, 0.2) is 11.5 Å². The molecule has 1 fully saturated rings. The van der Waals surface area contributed by atoms with Gasteiger partial charge in [0.1, 0.15) is 0 Å². The number of hydrogen-bond donors (Lipinski definition) is 1. The summed E-state index contributed by atoms with van der Waals surface area (Å²) in [6.45, 7) is 2.61. The van der Waals surface area contributed by atoms with E-state index in [1.54, 1.807) is 0 Å². The molecule has 1 aromatic carbocycles. The van der Waals surface area contributed by atoms with E-state index in [1.165, 1.54) is 12.1 Å². The first-order chi connectivity index (χ1) is 15.6. The van der Waals surface area contributed by atoms with Crippen LogP contribution in [0, 0.1) is 0 Å². The minimum atomic E-state index is -4.83. The lowest BCUT2D eigenvalue weighted by Gasteiger charge is -2.33. The van der Waals surface area contributed by atoms with Crippen LogP contribution in [0.5, 0.6) is 0 Å². The molecule has 0 radical (unpaired) electrons. The highest BCUT2D eigenvalue weighted by atomic mass is 35.5. The van der Waals surface area contributed by atoms with Crippen LogP contribution in [0.25, 0.3) is 0 Å². The predicted octanol–water partition coefficient (Wildman–Crippen LogP) is 4.15. The fourth-order valence-electron chi connectivity index (χ4n) is 3.27. The van der Waals surface area contributed by atoms with Crippen molar-refractivity contribution in [2.24, 2.45) is 0 Å². The fourth-order valence-corrected chi connectivity index (χ4v) is 3.44. The summed E-state index contributed by atoms with van der Waals surface area (Å²) < 4.78 is 40.3. The highest BCUT2D eigenvalue weighted by Crippen LogP contribution is 2.34. The molecule has 0 aliphatic carbocycles. The Balaban J connectivity index is 1.79. The number of carbonyl (C=O) groups excluding carboxylic acids is 3. The standard InChI is InChI=1S/C21H21ClF3N5O3/c1-2-3-9-26-18(31)16-7-8-17(28-27-16)29-10-4-11-30(20(29)33)19(32)14-6-5-13(22)12-15(14)21(23,24)25/h5-8,12H,2-4,9-11H2,1H3,(H,26,31). The van der Waals surface area contributed by atoms with E-state index in [1.807, 2.05) is 6.92 Å². The Hall–Kier alpha value is -3.21. The molecular formula is C21H21ClF3N5O3. The molecule has 33 heavy (non-hydrogen) atoms. The van der Waals surface area contributed by atoms with Crippen molar-refractivity contribution in [3.63, 3.8) is 0 Å². The summed E-state index contributed by atoms with van der Waals surface area (Å²) in [4.78, 5) is 39.7. The zero-order valence-electron chi connectivity index (χ0n) is 17.7. The molecule has 4 amide bonds. The minimum absolute atomic E-state index is 0.0561. The van der Waals surface area contributed by atoms with Crippen LogP contribution < -0.4 is 10.2 Å². The van der Waals surface area contributed by atoms with Gasteiger partial charge in [-0.2, -0.15) is 13.2 Å². The summed E-state index contributed by atoms with van der Waals surface area (Å²) in [5, 5.41) is 10.2. The minimum Gasteiger partial charge on any atom is -0.351 e. The molecule has 3 rings (SSSR count). The maximum Gasteiger partial charge on any atom is 0.417 e. The monoisotopic (exact) mass is 483 g/mol. The maximum atomic E-state index is 13.4. The van der Waals surface area contributed by atoms with Crippen LogP contribution in [0.1, 0.15) is 52.6 Å². The van der Waals surface area contributed by atoms with Gasteiger partial charge in [-0.3, -0.25) is 19.4 Å². The van der Waals surface area contributed by atoms with E-state index in [9.17, 15) is 27.6 Å². The van der Waals surface area contributed by atoms with E-state index in [0.29, 0.717) is 19.0 Å². The number of halogens is 4. The SMILES string of the molecule is CCCCNC(=O)c1ccc(N2CCCN(C(=O)c3ccc(Cl)cc3C(F)(F)F)C2=O)nn1. The van der Waals surface area contributed by atoms with E-state index in [2.05, 4.69) is 15.5 Å². The Morgan fingerprint density at radius 2 is 1.91 bits per heavy atom. The van der Waals surface area contributed by atoms with Crippen molar-refractivity contribution in [3.05, 3.63) is 52.2 Å². The smallest absolute Gasteiger partial charge is 0.351 e. The third-order valence-electron chi connectivity index (χ3n) is 4.96. The van der Waals surface area contributed by atoms with Gasteiger partial charge in [-0.1, -0.05) is 24.9 Å². The number of alkyl halides is 3. The van der Waals surface area contributed by atoms with Crippen molar-refractivity contribution in [3.8, 4) is 0 Å². The molecule has 0 unspecified atom stereocenters. The van der Waals surface area contributed by atoms with Crippen molar-refractivity contribution in [1.29, 1.82) is 0 Å². The molecule has 8 nitrogen and oxygen atoms in total. The van der Waals surface area contributed by atoms with Crippen LogP contribution in [0.2, 0.25) is 5.02 Å². The lowest BCUT2D eigenvalue weighted by Crippen LogP contribution is -2.52. The molecule has 1 aromatic heterocycles. The normalized spacial score (nSPS) is 14.4. The fraction of sp³-hybridized carbons (Fsp3) is 0.381. The second-order valence-corrected chi connectivity index (χ2v) is 7.75. The number of imide groups is 1. The molecule has 0 saturated carbocycles. The van der Waals surface area contributed by atoms with Crippen LogP contribution in [0.15, 0.2) is 30.3 Å². The lowest BCUT2D eigenvalue weighted by atomic mass is 10.1. The van der Waals surface area contributed by atoms with Gasteiger partial charge in [0, 0.05) is 24.7 Å². The third-order valence-corrected chi connectivity index (χ3v) is 5.20. The van der Waals surface area contributed by atoms with Gasteiger partial charge < -0.3 is 5.32 Å². The number of aromatic nitrogens is 2. The average molecular weight is 484 g/mol. The summed E-state index contributed by atoms with van der Waals surface area (Å²) in [6.07, 6.45) is -2.79. The Morgan fingerprint density at radius 1 is 1.15 bits per heavy atom. The van der Waals surface area contributed by atoms with Gasteiger partial charge in [0.25, 0.3) is 11.8 Å². The van der Waals surface area contributed by atoms with Gasteiger partial charge in [0.2, 0.25) is 0 Å². The Bertz CT molecular complexity index is 1050. The summed E-state index contributed by atoms with van der Waals surface area (Å²) >= 11 is 5.67. The van der Waals surface area contributed by atoms with Crippen molar-refractivity contribution in [2.75, 3.05) is 24.5 Å². The van der Waals surface area contributed by atoms with Gasteiger partial charge in [-0.15, -0.1) is 10.2 Å². The first-order valence-electron chi connectivity index (χ1n) is 10.3. The first kappa shape index (κ1) is 24.4. The zero-order chi connectivity index (χ0) is 24.2. The van der Waals surface area contributed by atoms with Crippen LogP contribution in [0.4, 0.5) is 23.8 Å². The van der Waals surface area contributed by atoms with E-state index in [-0.39, 0.29) is 29.6 Å². The summed E-state index contributed by atoms with van der Waals surface area (Å²) in [5.41, 5.74) is -1.83. The maximum absolute atomic E-state index is 13.4. The molecule has 1 aliphatic heterocycles. The van der Waals surface area contributed by atoms with E-state index in [0.717, 1.165) is 34.8 Å². The van der Waals surface area contributed by atoms with Crippen LogP contribution >= 0.6 is 11.6 Å². The topological polar surface area (TPSA) is 95.5 Å². The van der Waals surface area contributed by atoms with Crippen LogP contribution in [-0.2, 0) is 6.18 Å². The summed E-state index contributed by atoms with van der Waals surface area (Å²) in [5.74, 6) is -1.42. The van der Waals surface area contributed by atoms with Gasteiger partial charge in [0.05, 0.1) is 11.1 Å². The first-order valence-corrected chi connectivity index (χ1v) is 10.6. The Morgan fingerprint density at radius 3 is 2.55 bits per heavy atom. The highest BCUT2D eigenvalue weighted by Gasteiger charge is 2.39. The molecule has 0 bridgehead atoms. The number of nitrogens with zero attached hydrogens (tertiary/aromatic N) is 4. The Labute approximate surface area is 192 Å². The second-order valence-electron chi connectivity index (χ2n) is 7.32. The molecule has 2 aromatic rings. The molecule has 0 spiro atoms. The van der Waals surface area contributed by atoms with E-state index < -0.39 is 35.1 Å². The average Bonchev–Trinajstić information content (AvgIpc) is 2.78. The molecule has 1 saturated heterocycles. The quantitative estimate of drug-likeness (QED) is 0.623. The third kappa shape index (κ3) is 5.59. The number of benzene rings is 1. The lowest BCUT2D eigenvalue weighted by molar-refractivity contribution is -0.138. The molecule has 1 N–H and O–H groups in total. The van der Waals surface area contributed by atoms with Crippen LogP contribution in [0.3, 0.4) is 0 Å². The van der Waals surface area contributed by atoms with Crippen molar-refractivity contribution in [2.45, 2.75) is 32.4 Å². The van der Waals surface area contributed by atoms with Crippen LogP contribution in [-0.4, -0.2) is 52.6 Å². The number of rotatable bonds is 6. The molecular weight excluding hydrogens is 463 g/mol. The second kappa shape index (κ2) is 10.2. The van der Waals surface area contributed by atoms with Crippen molar-refractivity contribution in [1.82, 2.24) is 20.4 Å². The largest absolute Gasteiger partial charge is 0.417 e. The molecule has 0 atom stereocenters. The number of anilines is 1. The number of carbonyl (C=O) groups is 3. The number of amides is 4. The van der Waals surface area contributed by atoms with E-state index >= 15 is 0 Å². The number of urea groups is 1. The Kier molecular flexibility index (Phi) is 7.52. The van der Waals surface area contributed by atoms with Gasteiger partial charge in [-0.25, -0.2) is 4.79 Å². The molecule has 1 aliphatic rings. The predicted molar refractivity (Wildman–Crippen MR) is 114 cm³/mol. The summed E-state index contributed by atoms with van der Waals surface area (Å²) in [6, 6.07) is 4.72.